The molecule has 0 heterocycles. The molecule has 0 unspecified atom stereocenters. The van der Waals surface area contributed by atoms with Crippen molar-refractivity contribution in [3.05, 3.63) is 53.3 Å². The van der Waals surface area contributed by atoms with E-state index in [4.69, 9.17) is 14.7 Å². The molecule has 0 fully saturated rings. The number of halogens is 1. The highest BCUT2D eigenvalue weighted by Crippen LogP contribution is 2.28. The zero-order valence-electron chi connectivity index (χ0n) is 11.8. The van der Waals surface area contributed by atoms with Crippen molar-refractivity contribution in [2.45, 2.75) is 6.54 Å². The molecular formula is C16H15FN2O2. The normalized spacial score (nSPS) is 9.81. The van der Waals surface area contributed by atoms with Crippen molar-refractivity contribution in [2.24, 2.45) is 0 Å². The van der Waals surface area contributed by atoms with Crippen molar-refractivity contribution in [1.29, 1.82) is 5.26 Å². The molecule has 0 aromatic heterocycles. The van der Waals surface area contributed by atoms with Crippen LogP contribution in [0.25, 0.3) is 0 Å². The molecule has 0 aliphatic carbocycles. The highest BCUT2D eigenvalue weighted by Gasteiger charge is 2.09. The van der Waals surface area contributed by atoms with Gasteiger partial charge in [-0.05, 0) is 29.8 Å². The number of para-hydroxylation sites is 1. The van der Waals surface area contributed by atoms with Gasteiger partial charge in [0.15, 0.2) is 11.6 Å². The predicted molar refractivity (Wildman–Crippen MR) is 78.0 cm³/mol. The molecule has 0 saturated heterocycles. The lowest BCUT2D eigenvalue weighted by molar-refractivity contribution is 0.386. The standard InChI is InChI=1S/C16H15FN2O2/c1-20-14-7-6-11(8-13(14)17)10-19-16-12(9-18)4-3-5-15(16)21-2/h3-8,19H,10H2,1-2H3. The Bertz CT molecular complexity index is 680. The first-order chi connectivity index (χ1) is 10.2. The summed E-state index contributed by atoms with van der Waals surface area (Å²) in [5, 5.41) is 12.2. The Morgan fingerprint density at radius 3 is 2.52 bits per heavy atom. The van der Waals surface area contributed by atoms with Crippen LogP contribution in [0.3, 0.4) is 0 Å². The van der Waals surface area contributed by atoms with Gasteiger partial charge in [-0.2, -0.15) is 5.26 Å². The van der Waals surface area contributed by atoms with Gasteiger partial charge >= 0.3 is 0 Å². The number of hydrogen-bond donors (Lipinski definition) is 1. The molecule has 21 heavy (non-hydrogen) atoms. The van der Waals surface area contributed by atoms with Crippen LogP contribution in [0.2, 0.25) is 0 Å². The second-order valence-corrected chi connectivity index (χ2v) is 4.32. The van der Waals surface area contributed by atoms with Gasteiger partial charge in [-0.3, -0.25) is 0 Å². The van der Waals surface area contributed by atoms with Gasteiger partial charge in [0.25, 0.3) is 0 Å². The van der Waals surface area contributed by atoms with Crippen LogP contribution in [-0.4, -0.2) is 14.2 Å². The average Bonchev–Trinajstić information content (AvgIpc) is 2.52. The van der Waals surface area contributed by atoms with Gasteiger partial charge < -0.3 is 14.8 Å². The van der Waals surface area contributed by atoms with Crippen LogP contribution in [0, 0.1) is 17.1 Å². The topological polar surface area (TPSA) is 54.3 Å². The maximum atomic E-state index is 13.6. The Morgan fingerprint density at radius 2 is 1.90 bits per heavy atom. The Kier molecular flexibility index (Phi) is 4.62. The number of benzene rings is 2. The molecule has 1 N–H and O–H groups in total. The highest BCUT2D eigenvalue weighted by atomic mass is 19.1. The monoisotopic (exact) mass is 286 g/mol. The molecule has 108 valence electrons. The summed E-state index contributed by atoms with van der Waals surface area (Å²) < 4.78 is 23.7. The lowest BCUT2D eigenvalue weighted by Gasteiger charge is -2.13. The van der Waals surface area contributed by atoms with Crippen molar-refractivity contribution in [1.82, 2.24) is 0 Å². The summed E-state index contributed by atoms with van der Waals surface area (Å²) in [5.74, 6) is 0.356. The van der Waals surface area contributed by atoms with Crippen LogP contribution in [0.5, 0.6) is 11.5 Å². The van der Waals surface area contributed by atoms with Crippen molar-refractivity contribution in [3.63, 3.8) is 0 Å². The average molecular weight is 286 g/mol. The van der Waals surface area contributed by atoms with E-state index in [0.717, 1.165) is 5.56 Å². The SMILES string of the molecule is COc1ccc(CNc2c(C#N)cccc2OC)cc1F. The summed E-state index contributed by atoms with van der Waals surface area (Å²) in [5.41, 5.74) is 1.81. The van der Waals surface area contributed by atoms with Gasteiger partial charge in [-0.1, -0.05) is 12.1 Å². The van der Waals surface area contributed by atoms with Crippen molar-refractivity contribution >= 4 is 5.69 Å². The molecule has 4 nitrogen and oxygen atoms in total. The molecule has 0 aliphatic heterocycles. The van der Waals surface area contributed by atoms with E-state index >= 15 is 0 Å². The summed E-state index contributed by atoms with van der Waals surface area (Å²) in [6, 6.07) is 12.0. The van der Waals surface area contributed by atoms with Gasteiger partial charge in [0.05, 0.1) is 25.5 Å². The number of methoxy groups -OCH3 is 2. The van der Waals surface area contributed by atoms with E-state index in [1.54, 1.807) is 30.3 Å². The molecule has 0 saturated carbocycles. The first kappa shape index (κ1) is 14.7. The van der Waals surface area contributed by atoms with Crippen LogP contribution >= 0.6 is 0 Å². The Balaban J connectivity index is 2.20. The fourth-order valence-electron chi connectivity index (χ4n) is 1.99. The van der Waals surface area contributed by atoms with Gasteiger partial charge in [0.2, 0.25) is 0 Å². The molecular weight excluding hydrogens is 271 g/mol. The summed E-state index contributed by atoms with van der Waals surface area (Å²) in [4.78, 5) is 0. The molecule has 2 aromatic carbocycles. The minimum absolute atomic E-state index is 0.203. The molecule has 0 spiro atoms. The van der Waals surface area contributed by atoms with Gasteiger partial charge in [-0.15, -0.1) is 0 Å². The van der Waals surface area contributed by atoms with Gasteiger partial charge in [0.1, 0.15) is 11.8 Å². The lowest BCUT2D eigenvalue weighted by Crippen LogP contribution is -2.04. The van der Waals surface area contributed by atoms with Gasteiger partial charge in [0, 0.05) is 6.54 Å². The molecule has 2 aromatic rings. The minimum atomic E-state index is -0.419. The van der Waals surface area contributed by atoms with Gasteiger partial charge in [-0.25, -0.2) is 4.39 Å². The maximum Gasteiger partial charge on any atom is 0.165 e. The van der Waals surface area contributed by atoms with Crippen LogP contribution in [0.4, 0.5) is 10.1 Å². The molecule has 2 rings (SSSR count). The Morgan fingerprint density at radius 1 is 1.14 bits per heavy atom. The van der Waals surface area contributed by atoms with Crippen LogP contribution in [-0.2, 0) is 6.54 Å². The highest BCUT2D eigenvalue weighted by molar-refractivity contribution is 5.66. The Labute approximate surface area is 122 Å². The van der Waals surface area contributed by atoms with Crippen molar-refractivity contribution in [2.75, 3.05) is 19.5 Å². The summed E-state index contributed by atoms with van der Waals surface area (Å²) >= 11 is 0. The van der Waals surface area contributed by atoms with Crippen molar-refractivity contribution in [3.8, 4) is 17.6 Å². The van der Waals surface area contributed by atoms with E-state index in [1.807, 2.05) is 0 Å². The van der Waals surface area contributed by atoms with Crippen molar-refractivity contribution < 1.29 is 13.9 Å². The van der Waals surface area contributed by atoms with Crippen LogP contribution in [0.15, 0.2) is 36.4 Å². The predicted octanol–water partition coefficient (Wildman–Crippen LogP) is 3.33. The van der Waals surface area contributed by atoms with E-state index in [2.05, 4.69) is 11.4 Å². The smallest absolute Gasteiger partial charge is 0.165 e. The third kappa shape index (κ3) is 3.23. The Hall–Kier alpha value is -2.74. The van der Waals surface area contributed by atoms with E-state index in [-0.39, 0.29) is 5.75 Å². The number of anilines is 1. The first-order valence-corrected chi connectivity index (χ1v) is 6.33. The molecule has 0 radical (unpaired) electrons. The fourth-order valence-corrected chi connectivity index (χ4v) is 1.99. The number of hydrogen-bond acceptors (Lipinski definition) is 4. The second kappa shape index (κ2) is 6.62. The number of ether oxygens (including phenoxy) is 2. The van der Waals surface area contributed by atoms with E-state index < -0.39 is 5.82 Å². The first-order valence-electron chi connectivity index (χ1n) is 6.33. The maximum absolute atomic E-state index is 13.6. The van der Waals surface area contributed by atoms with E-state index in [1.165, 1.54) is 20.3 Å². The third-order valence-electron chi connectivity index (χ3n) is 3.05. The lowest BCUT2D eigenvalue weighted by atomic mass is 10.1. The molecule has 0 atom stereocenters. The fraction of sp³-hybridized carbons (Fsp3) is 0.188. The van der Waals surface area contributed by atoms with E-state index in [0.29, 0.717) is 23.5 Å². The number of rotatable bonds is 5. The van der Waals surface area contributed by atoms with E-state index in [9.17, 15) is 4.39 Å². The number of nitrogens with one attached hydrogen (secondary N) is 1. The third-order valence-corrected chi connectivity index (χ3v) is 3.05. The zero-order valence-corrected chi connectivity index (χ0v) is 11.8. The second-order valence-electron chi connectivity index (χ2n) is 4.32. The molecule has 0 aliphatic rings. The summed E-state index contributed by atoms with van der Waals surface area (Å²) in [6.45, 7) is 0.371. The summed E-state index contributed by atoms with van der Waals surface area (Å²) in [7, 11) is 2.96. The largest absolute Gasteiger partial charge is 0.495 e. The summed E-state index contributed by atoms with van der Waals surface area (Å²) in [6.07, 6.45) is 0. The number of nitriles is 1. The molecule has 0 bridgehead atoms. The van der Waals surface area contributed by atoms with Crippen LogP contribution < -0.4 is 14.8 Å². The zero-order chi connectivity index (χ0) is 15.2. The van der Waals surface area contributed by atoms with Crippen LogP contribution in [0.1, 0.15) is 11.1 Å². The quantitative estimate of drug-likeness (QED) is 0.916. The molecule has 0 amide bonds. The minimum Gasteiger partial charge on any atom is -0.495 e. The molecule has 5 heteroatoms. The number of nitrogens with zero attached hydrogens (tertiary/aromatic N) is 1.